The lowest BCUT2D eigenvalue weighted by atomic mass is 10.1. The van der Waals surface area contributed by atoms with E-state index in [1.807, 2.05) is 36.4 Å². The summed E-state index contributed by atoms with van der Waals surface area (Å²) >= 11 is 0. The highest BCUT2D eigenvalue weighted by Gasteiger charge is 2.01. The van der Waals surface area contributed by atoms with E-state index in [2.05, 4.69) is 9.97 Å². The Balaban J connectivity index is 1.86. The van der Waals surface area contributed by atoms with Gasteiger partial charge in [-0.2, -0.15) is 0 Å². The second-order valence-corrected chi connectivity index (χ2v) is 4.70. The van der Waals surface area contributed by atoms with Crippen LogP contribution in [0.1, 0.15) is 11.1 Å². The molecular weight excluding hydrogens is 282 g/mol. The molecule has 0 amide bonds. The Kier molecular flexibility index (Phi) is 4.01. The molecule has 2 aromatic heterocycles. The first kappa shape index (κ1) is 14.1. The molecule has 0 atom stereocenters. The number of aromatic nitrogens is 2. The van der Waals surface area contributed by atoms with E-state index in [-0.39, 0.29) is 0 Å². The highest BCUT2D eigenvalue weighted by molar-refractivity contribution is 5.71. The first-order valence-corrected chi connectivity index (χ1v) is 6.73. The number of benzene rings is 1. The van der Waals surface area contributed by atoms with Crippen LogP contribution in [0.25, 0.3) is 23.5 Å². The van der Waals surface area contributed by atoms with Crippen molar-refractivity contribution in [2.45, 2.75) is 0 Å². The van der Waals surface area contributed by atoms with Gasteiger partial charge < -0.3 is 0 Å². The lowest BCUT2D eigenvalue weighted by molar-refractivity contribution is 0.508. The van der Waals surface area contributed by atoms with Gasteiger partial charge in [0.1, 0.15) is 0 Å². The average Bonchev–Trinajstić information content (AvgIpc) is 2.57. The molecule has 0 saturated carbocycles. The van der Waals surface area contributed by atoms with Gasteiger partial charge in [0.05, 0.1) is 11.4 Å². The molecule has 0 fully saturated rings. The number of rotatable bonds is 3. The first-order chi connectivity index (χ1) is 10.7. The molecule has 0 aliphatic rings. The Bertz CT molecular complexity index is 814. The molecule has 2 nitrogen and oxygen atoms in total. The van der Waals surface area contributed by atoms with Crippen LogP contribution in [0.4, 0.5) is 8.78 Å². The Morgan fingerprint density at radius 3 is 2.18 bits per heavy atom. The van der Waals surface area contributed by atoms with Crippen LogP contribution in [0.15, 0.2) is 60.9 Å². The molecule has 0 aliphatic carbocycles. The fraction of sp³-hybridized carbons (Fsp3) is 0. The number of hydrogen-bond acceptors (Lipinski definition) is 2. The first-order valence-electron chi connectivity index (χ1n) is 6.73. The SMILES string of the molecule is Fc1ccc(/C=C\c2ccnc(-c3ccccn3)c2)cc1F. The van der Waals surface area contributed by atoms with Crippen LogP contribution in [0.2, 0.25) is 0 Å². The van der Waals surface area contributed by atoms with Crippen LogP contribution in [0.3, 0.4) is 0 Å². The van der Waals surface area contributed by atoms with E-state index in [1.165, 1.54) is 6.07 Å². The van der Waals surface area contributed by atoms with E-state index in [0.29, 0.717) is 5.56 Å². The van der Waals surface area contributed by atoms with Crippen LogP contribution >= 0.6 is 0 Å². The minimum atomic E-state index is -0.856. The third-order valence-electron chi connectivity index (χ3n) is 3.12. The summed E-state index contributed by atoms with van der Waals surface area (Å²) in [5, 5.41) is 0. The van der Waals surface area contributed by atoms with Gasteiger partial charge >= 0.3 is 0 Å². The van der Waals surface area contributed by atoms with Crippen molar-refractivity contribution in [3.05, 3.63) is 83.7 Å². The largest absolute Gasteiger partial charge is 0.255 e. The lowest BCUT2D eigenvalue weighted by Crippen LogP contribution is -1.87. The Morgan fingerprint density at radius 2 is 1.45 bits per heavy atom. The van der Waals surface area contributed by atoms with Gasteiger partial charge in [0.15, 0.2) is 11.6 Å². The standard InChI is InChI=1S/C18H12F2N2/c19-15-7-6-13(11-16(15)20)4-5-14-8-10-22-18(12-14)17-3-1-2-9-21-17/h1-12H/b5-4-. The molecule has 1 aromatic carbocycles. The summed E-state index contributed by atoms with van der Waals surface area (Å²) < 4.78 is 26.1. The molecule has 3 rings (SSSR count). The molecule has 2 heterocycles. The van der Waals surface area contributed by atoms with Crippen LogP contribution in [0.5, 0.6) is 0 Å². The molecule has 0 aliphatic heterocycles. The van der Waals surface area contributed by atoms with Crippen molar-refractivity contribution in [2.75, 3.05) is 0 Å². The van der Waals surface area contributed by atoms with Gasteiger partial charge in [-0.3, -0.25) is 9.97 Å². The number of halogens is 2. The Morgan fingerprint density at radius 1 is 0.682 bits per heavy atom. The van der Waals surface area contributed by atoms with Gasteiger partial charge in [0.25, 0.3) is 0 Å². The smallest absolute Gasteiger partial charge is 0.159 e. The van der Waals surface area contributed by atoms with Gasteiger partial charge in [-0.25, -0.2) is 8.78 Å². The van der Waals surface area contributed by atoms with E-state index < -0.39 is 11.6 Å². The van der Waals surface area contributed by atoms with Crippen molar-refractivity contribution in [3.63, 3.8) is 0 Å². The minimum absolute atomic E-state index is 0.593. The Labute approximate surface area is 126 Å². The summed E-state index contributed by atoms with van der Waals surface area (Å²) in [4.78, 5) is 8.54. The molecule has 0 saturated heterocycles. The zero-order valence-electron chi connectivity index (χ0n) is 11.6. The average molecular weight is 294 g/mol. The molecule has 0 bridgehead atoms. The van der Waals surface area contributed by atoms with Gasteiger partial charge in [-0.05, 0) is 47.5 Å². The second kappa shape index (κ2) is 6.26. The highest BCUT2D eigenvalue weighted by Crippen LogP contribution is 2.17. The summed E-state index contributed by atoms with van der Waals surface area (Å²) in [7, 11) is 0. The predicted octanol–water partition coefficient (Wildman–Crippen LogP) is 4.59. The van der Waals surface area contributed by atoms with Crippen molar-refractivity contribution in [1.82, 2.24) is 9.97 Å². The fourth-order valence-corrected chi connectivity index (χ4v) is 2.01. The van der Waals surface area contributed by atoms with Crippen LogP contribution < -0.4 is 0 Å². The van der Waals surface area contributed by atoms with Crippen molar-refractivity contribution in [1.29, 1.82) is 0 Å². The maximum Gasteiger partial charge on any atom is 0.159 e. The van der Waals surface area contributed by atoms with Gasteiger partial charge in [0, 0.05) is 12.4 Å². The zero-order valence-corrected chi connectivity index (χ0v) is 11.6. The van der Waals surface area contributed by atoms with Crippen molar-refractivity contribution >= 4 is 12.2 Å². The fourth-order valence-electron chi connectivity index (χ4n) is 2.01. The molecule has 0 radical (unpaired) electrons. The topological polar surface area (TPSA) is 25.8 Å². The van der Waals surface area contributed by atoms with Crippen LogP contribution in [-0.4, -0.2) is 9.97 Å². The maximum absolute atomic E-state index is 13.2. The summed E-state index contributed by atoms with van der Waals surface area (Å²) in [6, 6.07) is 13.1. The molecule has 3 aromatic rings. The van der Waals surface area contributed by atoms with Gasteiger partial charge in [-0.1, -0.05) is 24.3 Å². The van der Waals surface area contributed by atoms with Crippen molar-refractivity contribution < 1.29 is 8.78 Å². The molecular formula is C18H12F2N2. The zero-order chi connectivity index (χ0) is 15.4. The van der Waals surface area contributed by atoms with E-state index >= 15 is 0 Å². The van der Waals surface area contributed by atoms with Gasteiger partial charge in [0.2, 0.25) is 0 Å². The molecule has 22 heavy (non-hydrogen) atoms. The van der Waals surface area contributed by atoms with Crippen molar-refractivity contribution in [2.24, 2.45) is 0 Å². The van der Waals surface area contributed by atoms with Crippen molar-refractivity contribution in [3.8, 4) is 11.4 Å². The Hall–Kier alpha value is -2.88. The van der Waals surface area contributed by atoms with Crippen LogP contribution in [-0.2, 0) is 0 Å². The molecule has 4 heteroatoms. The quantitative estimate of drug-likeness (QED) is 0.706. The van der Waals surface area contributed by atoms with E-state index in [1.54, 1.807) is 18.5 Å². The van der Waals surface area contributed by atoms with E-state index in [4.69, 9.17) is 0 Å². The monoisotopic (exact) mass is 294 g/mol. The number of pyridine rings is 2. The van der Waals surface area contributed by atoms with E-state index in [0.717, 1.165) is 29.1 Å². The number of hydrogen-bond donors (Lipinski definition) is 0. The molecule has 0 unspecified atom stereocenters. The van der Waals surface area contributed by atoms with Gasteiger partial charge in [-0.15, -0.1) is 0 Å². The number of nitrogens with zero attached hydrogens (tertiary/aromatic N) is 2. The van der Waals surface area contributed by atoms with E-state index in [9.17, 15) is 8.78 Å². The molecule has 0 spiro atoms. The highest BCUT2D eigenvalue weighted by atomic mass is 19.2. The third kappa shape index (κ3) is 3.23. The summed E-state index contributed by atoms with van der Waals surface area (Å²) in [5.41, 5.74) is 3.04. The third-order valence-corrected chi connectivity index (χ3v) is 3.12. The van der Waals surface area contributed by atoms with Crippen LogP contribution in [0, 0.1) is 11.6 Å². The second-order valence-electron chi connectivity index (χ2n) is 4.70. The summed E-state index contributed by atoms with van der Waals surface area (Å²) in [6.07, 6.45) is 6.94. The molecule has 108 valence electrons. The summed E-state index contributed by atoms with van der Waals surface area (Å²) in [5.74, 6) is -1.70. The predicted molar refractivity (Wildman–Crippen MR) is 82.8 cm³/mol. The molecule has 0 N–H and O–H groups in total. The minimum Gasteiger partial charge on any atom is -0.255 e. The summed E-state index contributed by atoms with van der Waals surface area (Å²) in [6.45, 7) is 0. The lowest BCUT2D eigenvalue weighted by Gasteiger charge is -2.01. The maximum atomic E-state index is 13.2. The normalized spacial score (nSPS) is 11.0.